The lowest BCUT2D eigenvalue weighted by atomic mass is 10.1. The van der Waals surface area contributed by atoms with E-state index >= 15 is 0 Å². The second kappa shape index (κ2) is 4.13. The minimum absolute atomic E-state index is 0.119. The van der Waals surface area contributed by atoms with E-state index in [-0.39, 0.29) is 6.03 Å². The molecule has 0 saturated carbocycles. The summed E-state index contributed by atoms with van der Waals surface area (Å²) in [5.74, 6) is 0. The van der Waals surface area contributed by atoms with Crippen molar-refractivity contribution in [2.75, 3.05) is 0 Å². The van der Waals surface area contributed by atoms with Gasteiger partial charge in [-0.1, -0.05) is 13.8 Å². The Kier molecular flexibility index (Phi) is 3.32. The Balaban J connectivity index is 3.01. The van der Waals surface area contributed by atoms with Crippen LogP contribution in [0.2, 0.25) is 0 Å². The molecule has 0 bridgehead atoms. The smallest absolute Gasteiger partial charge is 0.276 e. The second-order valence-electron chi connectivity index (χ2n) is 4.11. The molecule has 2 amide bonds. The quantitative estimate of drug-likeness (QED) is 0.690. The van der Waals surface area contributed by atoms with Crippen LogP contribution in [0.4, 0.5) is 4.79 Å². The Bertz CT molecular complexity index is 238. The molecular weight excluding hydrogens is 176 g/mol. The number of nitrogens with zero attached hydrogens (tertiary/aromatic N) is 1. The third kappa shape index (κ3) is 1.46. The highest BCUT2D eigenvalue weighted by molar-refractivity contribution is 5.71. The van der Waals surface area contributed by atoms with Gasteiger partial charge < -0.3 is 0 Å². The van der Waals surface area contributed by atoms with Crippen molar-refractivity contribution >= 4 is 6.03 Å². The first-order valence-electron chi connectivity index (χ1n) is 5.46. The van der Waals surface area contributed by atoms with E-state index in [1.165, 1.54) is 0 Å². The minimum Gasteiger partial charge on any atom is -0.276 e. The number of carbonyl (C=O) groups excluding carboxylic acids is 1. The summed E-state index contributed by atoms with van der Waals surface area (Å²) in [6, 6.07) is 0.820. The van der Waals surface area contributed by atoms with Crippen molar-refractivity contribution in [3.05, 3.63) is 12.4 Å². The molecule has 3 nitrogen and oxygen atoms in total. The maximum atomic E-state index is 11.9. The summed E-state index contributed by atoms with van der Waals surface area (Å²) in [5, 5.41) is 2.79. The number of carbonyl (C=O) groups is 1. The summed E-state index contributed by atoms with van der Waals surface area (Å²) in [4.78, 5) is 11.9. The van der Waals surface area contributed by atoms with Crippen LogP contribution < -0.4 is 5.32 Å². The predicted octanol–water partition coefficient (Wildman–Crippen LogP) is 2.59. The van der Waals surface area contributed by atoms with Crippen LogP contribution in [0, 0.1) is 0 Å². The van der Waals surface area contributed by atoms with E-state index in [0.717, 1.165) is 12.8 Å². The zero-order valence-corrected chi connectivity index (χ0v) is 9.58. The van der Waals surface area contributed by atoms with Gasteiger partial charge in [-0.3, -0.25) is 5.32 Å². The molecule has 1 heterocycles. The maximum absolute atomic E-state index is 11.9. The van der Waals surface area contributed by atoms with Crippen LogP contribution in [-0.2, 0) is 0 Å². The van der Waals surface area contributed by atoms with Gasteiger partial charge >= 0.3 is 6.03 Å². The number of urea groups is 1. The van der Waals surface area contributed by atoms with Gasteiger partial charge in [0.15, 0.2) is 0 Å². The van der Waals surface area contributed by atoms with E-state index in [1.807, 2.05) is 6.20 Å². The zero-order valence-electron chi connectivity index (χ0n) is 9.58. The highest BCUT2D eigenvalue weighted by Gasteiger charge is 2.46. The number of hydrogen-bond acceptors (Lipinski definition) is 1. The first-order chi connectivity index (χ1) is 6.59. The van der Waals surface area contributed by atoms with Crippen LogP contribution in [-0.4, -0.2) is 22.6 Å². The average molecular weight is 197 g/mol. The van der Waals surface area contributed by atoms with Crippen molar-refractivity contribution < 1.29 is 9.28 Å². The maximum Gasteiger partial charge on any atom is 0.425 e. The number of quaternary nitrogens is 1. The second-order valence-corrected chi connectivity index (χ2v) is 4.11. The van der Waals surface area contributed by atoms with Gasteiger partial charge in [-0.15, -0.1) is 0 Å². The first kappa shape index (κ1) is 11.2. The third-order valence-electron chi connectivity index (χ3n) is 3.52. The van der Waals surface area contributed by atoms with Gasteiger partial charge in [-0.05, 0) is 26.7 Å². The molecule has 0 fully saturated rings. The lowest BCUT2D eigenvalue weighted by Crippen LogP contribution is -2.58. The molecule has 2 atom stereocenters. The van der Waals surface area contributed by atoms with Gasteiger partial charge in [0.1, 0.15) is 6.20 Å². The molecule has 0 spiro atoms. The fourth-order valence-electron chi connectivity index (χ4n) is 2.14. The van der Waals surface area contributed by atoms with E-state index in [2.05, 4.69) is 33.0 Å². The molecule has 1 aliphatic rings. The van der Waals surface area contributed by atoms with Crippen molar-refractivity contribution in [2.45, 2.75) is 52.6 Å². The van der Waals surface area contributed by atoms with Crippen molar-refractivity contribution in [1.82, 2.24) is 5.32 Å². The number of rotatable bonds is 4. The summed E-state index contributed by atoms with van der Waals surface area (Å²) in [7, 11) is 0. The molecule has 1 aliphatic heterocycles. The van der Waals surface area contributed by atoms with Gasteiger partial charge in [0.25, 0.3) is 0 Å². The fraction of sp³-hybridized carbons (Fsp3) is 0.727. The molecule has 1 N–H and O–H groups in total. The van der Waals surface area contributed by atoms with Gasteiger partial charge in [-0.2, -0.15) is 0 Å². The summed E-state index contributed by atoms with van der Waals surface area (Å²) in [6.07, 6.45) is 5.82. The molecule has 0 radical (unpaired) electrons. The molecule has 0 aromatic rings. The van der Waals surface area contributed by atoms with Crippen molar-refractivity contribution in [3.8, 4) is 0 Å². The molecule has 0 saturated heterocycles. The predicted molar refractivity (Wildman–Crippen MR) is 57.4 cm³/mol. The molecule has 80 valence electrons. The van der Waals surface area contributed by atoms with Gasteiger partial charge in [0.05, 0.1) is 18.3 Å². The standard InChI is InChI=1S/C11H20N2O/c1-5-9(3)13(10(4)6-2)8-7-12-11(13)14/h7-10H,5-6H2,1-4H3/p+1. The first-order valence-corrected chi connectivity index (χ1v) is 5.46. The summed E-state index contributed by atoms with van der Waals surface area (Å²) in [6.45, 7) is 8.54. The molecule has 0 aromatic heterocycles. The molecule has 0 aromatic carbocycles. The fourth-order valence-corrected chi connectivity index (χ4v) is 2.14. The summed E-state index contributed by atoms with van der Waals surface area (Å²) >= 11 is 0. The number of nitrogens with one attached hydrogen (secondary N) is 1. The molecule has 0 aliphatic carbocycles. The average Bonchev–Trinajstić information content (AvgIpc) is 2.59. The molecule has 2 unspecified atom stereocenters. The van der Waals surface area contributed by atoms with E-state index in [0.29, 0.717) is 16.6 Å². The third-order valence-corrected chi connectivity index (χ3v) is 3.52. The molecular formula is C11H21N2O+. The summed E-state index contributed by atoms with van der Waals surface area (Å²) in [5.41, 5.74) is 0. The molecule has 3 heteroatoms. The highest BCUT2D eigenvalue weighted by Crippen LogP contribution is 2.27. The van der Waals surface area contributed by atoms with Gasteiger partial charge in [0.2, 0.25) is 0 Å². The van der Waals surface area contributed by atoms with Crippen LogP contribution in [0.25, 0.3) is 0 Å². The Morgan fingerprint density at radius 3 is 2.07 bits per heavy atom. The van der Waals surface area contributed by atoms with Gasteiger partial charge in [0, 0.05) is 0 Å². The summed E-state index contributed by atoms with van der Waals surface area (Å²) < 4.78 is 0.465. The normalized spacial score (nSPS) is 30.1. The lowest BCUT2D eigenvalue weighted by Gasteiger charge is -2.38. The van der Waals surface area contributed by atoms with E-state index < -0.39 is 0 Å². The van der Waals surface area contributed by atoms with Crippen LogP contribution in [0.5, 0.6) is 0 Å². The monoisotopic (exact) mass is 197 g/mol. The zero-order chi connectivity index (χ0) is 10.8. The van der Waals surface area contributed by atoms with Crippen molar-refractivity contribution in [2.24, 2.45) is 0 Å². The van der Waals surface area contributed by atoms with Crippen LogP contribution >= 0.6 is 0 Å². The van der Waals surface area contributed by atoms with E-state index in [4.69, 9.17) is 0 Å². The number of hydrogen-bond donors (Lipinski definition) is 1. The SMILES string of the molecule is CCC(C)[N+]1(C(C)CC)C=CNC1=O. The van der Waals surface area contributed by atoms with Crippen molar-refractivity contribution in [1.29, 1.82) is 0 Å². The van der Waals surface area contributed by atoms with E-state index in [1.54, 1.807) is 6.20 Å². The Hall–Kier alpha value is -0.830. The van der Waals surface area contributed by atoms with Gasteiger partial charge in [-0.25, -0.2) is 9.28 Å². The van der Waals surface area contributed by atoms with Crippen LogP contribution in [0.1, 0.15) is 40.5 Å². The Morgan fingerprint density at radius 2 is 1.79 bits per heavy atom. The number of amides is 2. The topological polar surface area (TPSA) is 29.1 Å². The Morgan fingerprint density at radius 1 is 1.29 bits per heavy atom. The van der Waals surface area contributed by atoms with Crippen molar-refractivity contribution in [3.63, 3.8) is 0 Å². The molecule has 14 heavy (non-hydrogen) atoms. The minimum atomic E-state index is 0.119. The lowest BCUT2D eigenvalue weighted by molar-refractivity contribution is -0.844. The molecule has 1 rings (SSSR count). The highest BCUT2D eigenvalue weighted by atomic mass is 16.2. The Labute approximate surface area is 86.4 Å². The van der Waals surface area contributed by atoms with Crippen LogP contribution in [0.3, 0.4) is 0 Å². The van der Waals surface area contributed by atoms with Crippen LogP contribution in [0.15, 0.2) is 12.4 Å². The largest absolute Gasteiger partial charge is 0.425 e. The van der Waals surface area contributed by atoms with E-state index in [9.17, 15) is 4.79 Å².